The third kappa shape index (κ3) is 6.75. The number of nitrogens with zero attached hydrogens (tertiary/aromatic N) is 3. The lowest BCUT2D eigenvalue weighted by Gasteiger charge is -2.37. The van der Waals surface area contributed by atoms with Crippen LogP contribution >= 0.6 is 24.0 Å². The predicted octanol–water partition coefficient (Wildman–Crippen LogP) is 3.98. The number of methoxy groups -OCH3 is 2. The lowest BCUT2D eigenvalue weighted by molar-refractivity contribution is 0.298. The number of benzene rings is 1. The molecule has 0 amide bonds. The van der Waals surface area contributed by atoms with Gasteiger partial charge in [-0.15, -0.1) is 24.0 Å². The molecule has 2 N–H and O–H groups in total. The average molecular weight is 541 g/mol. The van der Waals surface area contributed by atoms with E-state index in [0.29, 0.717) is 0 Å². The molecule has 1 aromatic heterocycles. The van der Waals surface area contributed by atoms with Gasteiger partial charge in [-0.25, -0.2) is 4.98 Å². The number of imidazole rings is 1. The SMILES string of the molecule is CCNC(=NCC1(c2ccc(OC)c(OC)c2)CCCCC1)NCCn1ccnc1.I. The quantitative estimate of drug-likeness (QED) is 0.286. The molecule has 2 aromatic rings. The molecule has 0 atom stereocenters. The number of aliphatic imine (C=N–C) groups is 1. The summed E-state index contributed by atoms with van der Waals surface area (Å²) in [6.45, 7) is 5.33. The first kappa shape index (κ1) is 25.3. The van der Waals surface area contributed by atoms with Crippen molar-refractivity contribution in [3.8, 4) is 11.5 Å². The standard InChI is InChI=1S/C23H35N5O2.HI/c1-4-25-22(26-13-15-28-14-12-24-18-28)27-17-23(10-6-5-7-11-23)19-8-9-20(29-2)21(16-19)30-3;/h8-9,12,14,16,18H,4-7,10-11,13,15,17H2,1-3H3,(H2,25,26,27);1H. The number of ether oxygens (including phenoxy) is 2. The largest absolute Gasteiger partial charge is 0.493 e. The summed E-state index contributed by atoms with van der Waals surface area (Å²) in [6.07, 6.45) is 11.6. The molecule has 1 fully saturated rings. The fourth-order valence-corrected chi connectivity index (χ4v) is 4.23. The van der Waals surface area contributed by atoms with Gasteiger partial charge < -0.3 is 24.7 Å². The fraction of sp³-hybridized carbons (Fsp3) is 0.565. The van der Waals surface area contributed by atoms with Crippen LogP contribution in [-0.2, 0) is 12.0 Å². The number of rotatable bonds is 9. The maximum absolute atomic E-state index is 5.57. The van der Waals surface area contributed by atoms with E-state index < -0.39 is 0 Å². The molecule has 3 rings (SSSR count). The van der Waals surface area contributed by atoms with Gasteiger partial charge >= 0.3 is 0 Å². The first-order chi connectivity index (χ1) is 14.7. The van der Waals surface area contributed by atoms with Gasteiger partial charge in [0.05, 0.1) is 27.1 Å². The number of nitrogens with one attached hydrogen (secondary N) is 2. The van der Waals surface area contributed by atoms with Crippen molar-refractivity contribution in [1.29, 1.82) is 0 Å². The summed E-state index contributed by atoms with van der Waals surface area (Å²) in [5, 5.41) is 6.83. The highest BCUT2D eigenvalue weighted by Gasteiger charge is 2.34. The van der Waals surface area contributed by atoms with Crippen molar-refractivity contribution in [3.63, 3.8) is 0 Å². The Bertz CT molecular complexity index is 804. The second-order valence-electron chi connectivity index (χ2n) is 7.83. The molecule has 1 aromatic carbocycles. The van der Waals surface area contributed by atoms with Crippen LogP contribution in [0.2, 0.25) is 0 Å². The topological polar surface area (TPSA) is 72.7 Å². The second kappa shape index (κ2) is 12.8. The summed E-state index contributed by atoms with van der Waals surface area (Å²) in [7, 11) is 3.37. The van der Waals surface area contributed by atoms with Gasteiger partial charge in [0.1, 0.15) is 0 Å². The molecule has 0 radical (unpaired) electrons. The van der Waals surface area contributed by atoms with E-state index in [1.54, 1.807) is 20.4 Å². The van der Waals surface area contributed by atoms with Crippen LogP contribution in [0.4, 0.5) is 0 Å². The molecule has 1 heterocycles. The van der Waals surface area contributed by atoms with Gasteiger partial charge in [0.15, 0.2) is 17.5 Å². The molecule has 0 bridgehead atoms. The fourth-order valence-electron chi connectivity index (χ4n) is 4.23. The van der Waals surface area contributed by atoms with Crippen molar-refractivity contribution >= 4 is 29.9 Å². The van der Waals surface area contributed by atoms with Gasteiger partial charge in [-0.3, -0.25) is 4.99 Å². The van der Waals surface area contributed by atoms with E-state index in [4.69, 9.17) is 14.5 Å². The Labute approximate surface area is 203 Å². The van der Waals surface area contributed by atoms with Crippen molar-refractivity contribution in [3.05, 3.63) is 42.5 Å². The minimum absolute atomic E-state index is 0. The first-order valence-electron chi connectivity index (χ1n) is 10.9. The van der Waals surface area contributed by atoms with E-state index in [1.807, 2.05) is 18.6 Å². The monoisotopic (exact) mass is 541 g/mol. The highest BCUT2D eigenvalue weighted by molar-refractivity contribution is 14.0. The molecular weight excluding hydrogens is 505 g/mol. The van der Waals surface area contributed by atoms with E-state index in [1.165, 1.54) is 24.8 Å². The summed E-state index contributed by atoms with van der Waals surface area (Å²) >= 11 is 0. The zero-order chi connectivity index (χ0) is 21.2. The summed E-state index contributed by atoms with van der Waals surface area (Å²) in [5.74, 6) is 2.42. The van der Waals surface area contributed by atoms with Gasteiger partial charge in [-0.2, -0.15) is 0 Å². The summed E-state index contributed by atoms with van der Waals surface area (Å²) in [5.41, 5.74) is 1.32. The number of hydrogen-bond acceptors (Lipinski definition) is 4. The molecule has 0 saturated heterocycles. The minimum Gasteiger partial charge on any atom is -0.493 e. The molecule has 1 aliphatic rings. The Kier molecular flexibility index (Phi) is 10.4. The molecule has 0 unspecified atom stereocenters. The highest BCUT2D eigenvalue weighted by Crippen LogP contribution is 2.42. The molecule has 8 heteroatoms. The lowest BCUT2D eigenvalue weighted by Crippen LogP contribution is -2.41. The Balaban J connectivity index is 0.00000341. The van der Waals surface area contributed by atoms with Crippen LogP contribution in [0, 0.1) is 0 Å². The summed E-state index contributed by atoms with van der Waals surface area (Å²) in [6, 6.07) is 6.34. The van der Waals surface area contributed by atoms with Crippen molar-refractivity contribution in [2.24, 2.45) is 4.99 Å². The van der Waals surface area contributed by atoms with Crippen LogP contribution in [0.15, 0.2) is 41.9 Å². The molecule has 7 nitrogen and oxygen atoms in total. The maximum atomic E-state index is 5.57. The third-order valence-electron chi connectivity index (χ3n) is 5.91. The number of hydrogen-bond donors (Lipinski definition) is 2. The predicted molar refractivity (Wildman–Crippen MR) is 136 cm³/mol. The van der Waals surface area contributed by atoms with Crippen molar-refractivity contribution in [2.75, 3.05) is 33.9 Å². The molecule has 172 valence electrons. The molecule has 0 spiro atoms. The minimum atomic E-state index is 0. The van der Waals surface area contributed by atoms with Crippen LogP contribution in [0.3, 0.4) is 0 Å². The van der Waals surface area contributed by atoms with Gasteiger partial charge in [0.2, 0.25) is 0 Å². The first-order valence-corrected chi connectivity index (χ1v) is 10.9. The maximum Gasteiger partial charge on any atom is 0.191 e. The summed E-state index contributed by atoms with van der Waals surface area (Å²) < 4.78 is 13.1. The lowest BCUT2D eigenvalue weighted by atomic mass is 9.69. The normalized spacial score (nSPS) is 15.6. The molecular formula is C23H36IN5O2. The Hall–Kier alpha value is -1.97. The van der Waals surface area contributed by atoms with Crippen LogP contribution in [0.5, 0.6) is 11.5 Å². The van der Waals surface area contributed by atoms with Crippen LogP contribution in [0.25, 0.3) is 0 Å². The number of guanidine groups is 1. The van der Waals surface area contributed by atoms with Gasteiger partial charge in [0.25, 0.3) is 0 Å². The van der Waals surface area contributed by atoms with Gasteiger partial charge in [0, 0.05) is 37.4 Å². The van der Waals surface area contributed by atoms with Crippen molar-refractivity contribution in [2.45, 2.75) is 51.0 Å². The zero-order valence-electron chi connectivity index (χ0n) is 18.9. The van der Waals surface area contributed by atoms with E-state index >= 15 is 0 Å². The van der Waals surface area contributed by atoms with E-state index in [9.17, 15) is 0 Å². The average Bonchev–Trinajstić information content (AvgIpc) is 3.31. The Morgan fingerprint density at radius 1 is 1.13 bits per heavy atom. The van der Waals surface area contributed by atoms with Gasteiger partial charge in [-0.1, -0.05) is 25.3 Å². The van der Waals surface area contributed by atoms with Crippen LogP contribution in [-0.4, -0.2) is 49.4 Å². The highest BCUT2D eigenvalue weighted by atomic mass is 127. The molecule has 1 saturated carbocycles. The smallest absolute Gasteiger partial charge is 0.191 e. The Morgan fingerprint density at radius 2 is 1.90 bits per heavy atom. The molecule has 1 aliphatic carbocycles. The number of aromatic nitrogens is 2. The zero-order valence-corrected chi connectivity index (χ0v) is 21.2. The second-order valence-corrected chi connectivity index (χ2v) is 7.83. The van der Waals surface area contributed by atoms with E-state index in [-0.39, 0.29) is 29.4 Å². The van der Waals surface area contributed by atoms with Crippen molar-refractivity contribution < 1.29 is 9.47 Å². The van der Waals surface area contributed by atoms with Gasteiger partial charge in [-0.05, 0) is 37.5 Å². The molecule has 31 heavy (non-hydrogen) atoms. The van der Waals surface area contributed by atoms with Crippen LogP contribution < -0.4 is 20.1 Å². The number of halogens is 1. The van der Waals surface area contributed by atoms with Crippen molar-refractivity contribution in [1.82, 2.24) is 20.2 Å². The van der Waals surface area contributed by atoms with E-state index in [2.05, 4.69) is 39.2 Å². The molecule has 0 aliphatic heterocycles. The van der Waals surface area contributed by atoms with E-state index in [0.717, 1.165) is 56.5 Å². The Morgan fingerprint density at radius 3 is 2.55 bits per heavy atom. The van der Waals surface area contributed by atoms with Crippen LogP contribution in [0.1, 0.15) is 44.6 Å². The third-order valence-corrected chi connectivity index (χ3v) is 5.91. The summed E-state index contributed by atoms with van der Waals surface area (Å²) in [4.78, 5) is 9.09.